The maximum absolute atomic E-state index is 10.6. The Morgan fingerprint density at radius 2 is 2.00 bits per heavy atom. The fourth-order valence-corrected chi connectivity index (χ4v) is 0.756. The van der Waals surface area contributed by atoms with E-state index in [4.69, 9.17) is 4.74 Å². The first kappa shape index (κ1) is 12.9. The molecule has 0 rings (SSSR count). The van der Waals surface area contributed by atoms with E-state index < -0.39 is 0 Å². The van der Waals surface area contributed by atoms with Crippen LogP contribution in [-0.4, -0.2) is 37.9 Å². The number of allylic oxidation sites excluding steroid dienone is 4. The van der Waals surface area contributed by atoms with Gasteiger partial charge >= 0.3 is 0 Å². The van der Waals surface area contributed by atoms with Gasteiger partial charge in [0.25, 0.3) is 0 Å². The first-order valence-corrected chi connectivity index (χ1v) is 4.65. The molecule has 0 aliphatic rings. The monoisotopic (exact) mass is 197 g/mol. The van der Waals surface area contributed by atoms with E-state index in [1.165, 1.54) is 13.0 Å². The lowest BCUT2D eigenvalue weighted by atomic mass is 10.3. The molecule has 0 heterocycles. The highest BCUT2D eigenvalue weighted by Crippen LogP contribution is 1.95. The minimum Gasteiger partial charge on any atom is -0.497 e. The third-order valence-corrected chi connectivity index (χ3v) is 1.53. The number of hydrogen-bond donors (Lipinski definition) is 0. The van der Waals surface area contributed by atoms with Crippen LogP contribution in [0.1, 0.15) is 13.8 Å². The molecule has 0 radical (unpaired) electrons. The normalized spacial score (nSPS) is 12.5. The summed E-state index contributed by atoms with van der Waals surface area (Å²) in [5.41, 5.74) is 0. The summed E-state index contributed by atoms with van der Waals surface area (Å²) in [5, 5.41) is 0. The molecular weight excluding hydrogens is 178 g/mol. The number of ketones is 1. The molecule has 80 valence electrons. The smallest absolute Gasteiger partial charge is 0.152 e. The summed E-state index contributed by atoms with van der Waals surface area (Å²) in [6.45, 7) is 4.96. The molecule has 3 heteroatoms. The zero-order valence-electron chi connectivity index (χ0n) is 9.41. The molecule has 0 bridgehead atoms. The van der Waals surface area contributed by atoms with Gasteiger partial charge < -0.3 is 9.64 Å². The quantitative estimate of drug-likeness (QED) is 0.368. The Hall–Kier alpha value is -1.09. The minimum atomic E-state index is 0.0438. The molecule has 0 N–H and O–H groups in total. The van der Waals surface area contributed by atoms with E-state index in [2.05, 4.69) is 4.90 Å². The van der Waals surface area contributed by atoms with Crippen molar-refractivity contribution in [2.24, 2.45) is 0 Å². The fraction of sp³-hybridized carbons (Fsp3) is 0.545. The number of rotatable bonds is 6. The van der Waals surface area contributed by atoms with Crippen molar-refractivity contribution in [2.45, 2.75) is 13.8 Å². The highest BCUT2D eigenvalue weighted by molar-refractivity contribution is 5.87. The van der Waals surface area contributed by atoms with Crippen molar-refractivity contribution in [1.29, 1.82) is 0 Å². The molecule has 0 fully saturated rings. The number of likely N-dealkylation sites (N-methyl/N-ethyl adjacent to an activating group) is 1. The molecule has 14 heavy (non-hydrogen) atoms. The van der Waals surface area contributed by atoms with Crippen LogP contribution in [0.4, 0.5) is 0 Å². The topological polar surface area (TPSA) is 29.5 Å². The van der Waals surface area contributed by atoms with Gasteiger partial charge in [-0.15, -0.1) is 0 Å². The van der Waals surface area contributed by atoms with Crippen LogP contribution in [0, 0.1) is 0 Å². The number of hydrogen-bond acceptors (Lipinski definition) is 3. The zero-order chi connectivity index (χ0) is 11.0. The van der Waals surface area contributed by atoms with Crippen molar-refractivity contribution in [2.75, 3.05) is 27.2 Å². The average Bonchev–Trinajstić information content (AvgIpc) is 2.02. The maximum atomic E-state index is 10.6. The summed E-state index contributed by atoms with van der Waals surface area (Å²) in [7, 11) is 4.00. The Kier molecular flexibility index (Phi) is 6.76. The van der Waals surface area contributed by atoms with Crippen LogP contribution in [-0.2, 0) is 9.53 Å². The van der Waals surface area contributed by atoms with Crippen molar-refractivity contribution in [3.05, 3.63) is 24.0 Å². The van der Waals surface area contributed by atoms with E-state index in [0.29, 0.717) is 6.61 Å². The summed E-state index contributed by atoms with van der Waals surface area (Å²) < 4.78 is 5.39. The second-order valence-corrected chi connectivity index (χ2v) is 3.40. The Balaban J connectivity index is 3.72. The standard InChI is InChI=1S/C11H19NO2/c1-10(13)6-5-7-11(2)14-9-8-12(3)4/h5-7H,8-9H2,1-4H3/b6-5+,11-7-. The van der Waals surface area contributed by atoms with Gasteiger partial charge in [-0.3, -0.25) is 4.79 Å². The van der Waals surface area contributed by atoms with E-state index in [1.54, 1.807) is 12.2 Å². The lowest BCUT2D eigenvalue weighted by Crippen LogP contribution is -2.17. The van der Waals surface area contributed by atoms with Crippen molar-refractivity contribution in [3.63, 3.8) is 0 Å². The molecule has 0 aromatic rings. The van der Waals surface area contributed by atoms with Gasteiger partial charge in [-0.1, -0.05) is 6.08 Å². The van der Waals surface area contributed by atoms with Crippen molar-refractivity contribution in [3.8, 4) is 0 Å². The Labute approximate surface area is 86.0 Å². The molecule has 0 aliphatic heterocycles. The molecule has 0 saturated heterocycles. The summed E-state index contributed by atoms with van der Waals surface area (Å²) in [6, 6.07) is 0. The molecule has 0 aliphatic carbocycles. The van der Waals surface area contributed by atoms with Gasteiger partial charge in [0.05, 0.1) is 5.76 Å². The number of carbonyl (C=O) groups excluding carboxylic acids is 1. The van der Waals surface area contributed by atoms with Crippen LogP contribution in [0.25, 0.3) is 0 Å². The molecule has 0 aromatic carbocycles. The van der Waals surface area contributed by atoms with E-state index in [9.17, 15) is 4.79 Å². The highest BCUT2D eigenvalue weighted by atomic mass is 16.5. The first-order chi connectivity index (χ1) is 6.52. The molecule has 0 atom stereocenters. The average molecular weight is 197 g/mol. The molecule has 3 nitrogen and oxygen atoms in total. The van der Waals surface area contributed by atoms with Crippen LogP contribution < -0.4 is 0 Å². The van der Waals surface area contributed by atoms with E-state index in [0.717, 1.165) is 12.3 Å². The fourth-order valence-electron chi connectivity index (χ4n) is 0.756. The van der Waals surface area contributed by atoms with Crippen LogP contribution in [0.3, 0.4) is 0 Å². The third kappa shape index (κ3) is 9.00. The zero-order valence-corrected chi connectivity index (χ0v) is 9.41. The van der Waals surface area contributed by atoms with Gasteiger partial charge in [-0.05, 0) is 40.1 Å². The van der Waals surface area contributed by atoms with Crippen molar-refractivity contribution in [1.82, 2.24) is 4.90 Å². The first-order valence-electron chi connectivity index (χ1n) is 4.65. The molecule has 0 amide bonds. The SMILES string of the molecule is CC(=O)/C=C/C=C(/C)OCCN(C)C. The van der Waals surface area contributed by atoms with E-state index in [-0.39, 0.29) is 5.78 Å². The van der Waals surface area contributed by atoms with E-state index >= 15 is 0 Å². The third-order valence-electron chi connectivity index (χ3n) is 1.53. The lowest BCUT2D eigenvalue weighted by Gasteiger charge is -2.10. The molecule has 0 unspecified atom stereocenters. The number of carbonyl (C=O) groups is 1. The highest BCUT2D eigenvalue weighted by Gasteiger charge is 1.91. The van der Waals surface area contributed by atoms with Gasteiger partial charge in [-0.2, -0.15) is 0 Å². The van der Waals surface area contributed by atoms with Gasteiger partial charge in [0.1, 0.15) is 6.61 Å². The minimum absolute atomic E-state index is 0.0438. The Morgan fingerprint density at radius 3 is 2.50 bits per heavy atom. The summed E-state index contributed by atoms with van der Waals surface area (Å²) in [4.78, 5) is 12.6. The Morgan fingerprint density at radius 1 is 1.36 bits per heavy atom. The van der Waals surface area contributed by atoms with Crippen LogP contribution >= 0.6 is 0 Å². The number of nitrogens with zero attached hydrogens (tertiary/aromatic N) is 1. The van der Waals surface area contributed by atoms with Crippen molar-refractivity contribution >= 4 is 5.78 Å². The van der Waals surface area contributed by atoms with Crippen LogP contribution in [0.5, 0.6) is 0 Å². The van der Waals surface area contributed by atoms with Gasteiger partial charge in [0, 0.05) is 6.54 Å². The molecule has 0 aromatic heterocycles. The van der Waals surface area contributed by atoms with E-state index in [1.807, 2.05) is 21.0 Å². The lowest BCUT2D eigenvalue weighted by molar-refractivity contribution is -0.112. The van der Waals surface area contributed by atoms with Crippen molar-refractivity contribution < 1.29 is 9.53 Å². The number of ether oxygens (including phenoxy) is 1. The maximum Gasteiger partial charge on any atom is 0.152 e. The molecule has 0 spiro atoms. The Bertz CT molecular complexity index is 229. The largest absolute Gasteiger partial charge is 0.497 e. The molecular formula is C11H19NO2. The van der Waals surface area contributed by atoms with Gasteiger partial charge in [0.2, 0.25) is 0 Å². The van der Waals surface area contributed by atoms with Crippen LogP contribution in [0.2, 0.25) is 0 Å². The van der Waals surface area contributed by atoms with Gasteiger partial charge in [-0.25, -0.2) is 0 Å². The van der Waals surface area contributed by atoms with Gasteiger partial charge in [0.15, 0.2) is 5.78 Å². The second-order valence-electron chi connectivity index (χ2n) is 3.40. The van der Waals surface area contributed by atoms with Crippen LogP contribution in [0.15, 0.2) is 24.0 Å². The second kappa shape index (κ2) is 7.33. The predicted molar refractivity (Wildman–Crippen MR) is 58.1 cm³/mol. The summed E-state index contributed by atoms with van der Waals surface area (Å²) in [5.74, 6) is 0.867. The summed E-state index contributed by atoms with van der Waals surface area (Å²) >= 11 is 0. The molecule has 0 saturated carbocycles. The summed E-state index contributed by atoms with van der Waals surface area (Å²) in [6.07, 6.45) is 5.00. The predicted octanol–water partition coefficient (Wildman–Crippen LogP) is 1.61.